The molecule has 1 aliphatic heterocycles. The zero-order valence-electron chi connectivity index (χ0n) is 15.8. The number of ether oxygens (including phenoxy) is 2. The summed E-state index contributed by atoms with van der Waals surface area (Å²) in [5.41, 5.74) is 6.70. The van der Waals surface area contributed by atoms with E-state index in [0.29, 0.717) is 26.2 Å². The monoisotopic (exact) mass is 400 g/mol. The quantitative estimate of drug-likeness (QED) is 0.796. The van der Waals surface area contributed by atoms with Crippen LogP contribution in [-0.4, -0.2) is 44.9 Å². The van der Waals surface area contributed by atoms with E-state index in [9.17, 15) is 9.18 Å². The van der Waals surface area contributed by atoms with E-state index < -0.39 is 0 Å². The van der Waals surface area contributed by atoms with Crippen LogP contribution in [0.3, 0.4) is 0 Å². The molecule has 2 aliphatic rings. The first kappa shape index (κ1) is 22.1. The average molecular weight is 401 g/mol. The highest BCUT2D eigenvalue weighted by Crippen LogP contribution is 2.35. The number of hydrogen-bond acceptors (Lipinski definition) is 4. The number of carbonyl (C=O) groups excluding carboxylic acids is 1. The lowest BCUT2D eigenvalue weighted by Crippen LogP contribution is -2.49. The van der Waals surface area contributed by atoms with Crippen molar-refractivity contribution in [2.24, 2.45) is 11.7 Å². The second-order valence-electron chi connectivity index (χ2n) is 7.57. The molecule has 1 saturated heterocycles. The molecule has 1 amide bonds. The minimum atomic E-state index is -0.276. The van der Waals surface area contributed by atoms with E-state index in [0.717, 1.165) is 31.2 Å². The van der Waals surface area contributed by atoms with Gasteiger partial charge in [0.05, 0.1) is 6.10 Å². The van der Waals surface area contributed by atoms with Gasteiger partial charge in [0, 0.05) is 44.2 Å². The number of rotatable bonds is 5. The van der Waals surface area contributed by atoms with E-state index in [1.165, 1.54) is 6.07 Å². The molecule has 1 heterocycles. The second-order valence-corrected chi connectivity index (χ2v) is 7.57. The van der Waals surface area contributed by atoms with Crippen LogP contribution in [0.4, 0.5) is 4.39 Å². The van der Waals surface area contributed by atoms with E-state index in [4.69, 9.17) is 15.2 Å². The highest BCUT2D eigenvalue weighted by atomic mass is 35.5. The van der Waals surface area contributed by atoms with Gasteiger partial charge in [0.15, 0.2) is 0 Å². The summed E-state index contributed by atoms with van der Waals surface area (Å²) in [6.07, 6.45) is 3.70. The molecule has 27 heavy (non-hydrogen) atoms. The number of nitrogens with two attached hydrogens (primary N) is 1. The molecule has 1 aliphatic carbocycles. The van der Waals surface area contributed by atoms with Crippen LogP contribution in [0.5, 0.6) is 0 Å². The van der Waals surface area contributed by atoms with Gasteiger partial charge in [-0.2, -0.15) is 0 Å². The second kappa shape index (κ2) is 9.82. The number of hydrogen-bond donors (Lipinski definition) is 2. The summed E-state index contributed by atoms with van der Waals surface area (Å²) in [6.45, 7) is 1.74. The molecule has 152 valence electrons. The van der Waals surface area contributed by atoms with Gasteiger partial charge in [0.2, 0.25) is 5.91 Å². The van der Waals surface area contributed by atoms with Gasteiger partial charge in [-0.1, -0.05) is 12.1 Å². The molecule has 1 aromatic rings. The largest absolute Gasteiger partial charge is 0.381 e. The van der Waals surface area contributed by atoms with Crippen LogP contribution < -0.4 is 11.1 Å². The molecule has 2 fully saturated rings. The van der Waals surface area contributed by atoms with Gasteiger partial charge in [-0.15, -0.1) is 12.4 Å². The minimum Gasteiger partial charge on any atom is -0.381 e. The van der Waals surface area contributed by atoms with Crippen molar-refractivity contribution >= 4 is 18.3 Å². The SMILES string of the molecule is CO[C@@H]1C[C@@H](C(=O)NCC2(c3cccc(F)c3)CCOCC2)CC[C@H]1N.Cl. The number of amides is 1. The van der Waals surface area contributed by atoms with E-state index in [2.05, 4.69) is 5.32 Å². The molecular weight excluding hydrogens is 371 g/mol. The van der Waals surface area contributed by atoms with Gasteiger partial charge >= 0.3 is 0 Å². The molecular formula is C20H30ClFN2O3. The number of methoxy groups -OCH3 is 1. The van der Waals surface area contributed by atoms with Crippen molar-refractivity contribution in [3.8, 4) is 0 Å². The van der Waals surface area contributed by atoms with E-state index in [-0.39, 0.29) is 47.6 Å². The molecule has 5 nitrogen and oxygen atoms in total. The number of benzene rings is 1. The van der Waals surface area contributed by atoms with Crippen molar-refractivity contribution < 1.29 is 18.7 Å². The molecule has 0 aromatic heterocycles. The van der Waals surface area contributed by atoms with E-state index in [1.807, 2.05) is 6.07 Å². The summed E-state index contributed by atoms with van der Waals surface area (Å²) in [5.74, 6) is -0.283. The first-order chi connectivity index (χ1) is 12.5. The lowest BCUT2D eigenvalue weighted by Gasteiger charge is -2.39. The van der Waals surface area contributed by atoms with Crippen LogP contribution in [0.25, 0.3) is 0 Å². The molecule has 1 aromatic carbocycles. The summed E-state index contributed by atoms with van der Waals surface area (Å²) in [5, 5.41) is 3.13. The van der Waals surface area contributed by atoms with Gasteiger partial charge in [-0.3, -0.25) is 4.79 Å². The Labute approximate surface area is 166 Å². The van der Waals surface area contributed by atoms with Crippen LogP contribution in [0.2, 0.25) is 0 Å². The van der Waals surface area contributed by atoms with Crippen LogP contribution in [0.15, 0.2) is 24.3 Å². The Bertz CT molecular complexity index is 625. The maximum absolute atomic E-state index is 13.8. The van der Waals surface area contributed by atoms with Crippen LogP contribution in [0.1, 0.15) is 37.7 Å². The fourth-order valence-electron chi connectivity index (χ4n) is 4.21. The third kappa shape index (κ3) is 5.19. The first-order valence-corrected chi connectivity index (χ1v) is 9.44. The van der Waals surface area contributed by atoms with Crippen molar-refractivity contribution in [3.63, 3.8) is 0 Å². The third-order valence-corrected chi connectivity index (χ3v) is 6.00. The maximum atomic E-state index is 13.8. The first-order valence-electron chi connectivity index (χ1n) is 9.44. The van der Waals surface area contributed by atoms with Crippen molar-refractivity contribution in [2.45, 2.75) is 49.7 Å². The molecule has 7 heteroatoms. The topological polar surface area (TPSA) is 73.6 Å². The Hall–Kier alpha value is -1.21. The summed E-state index contributed by atoms with van der Waals surface area (Å²) in [7, 11) is 1.64. The smallest absolute Gasteiger partial charge is 0.223 e. The Morgan fingerprint density at radius 1 is 1.37 bits per heavy atom. The summed E-state index contributed by atoms with van der Waals surface area (Å²) < 4.78 is 24.7. The lowest BCUT2D eigenvalue weighted by molar-refractivity contribution is -0.128. The molecule has 3 rings (SSSR count). The number of nitrogens with one attached hydrogen (secondary N) is 1. The van der Waals surface area contributed by atoms with Gasteiger partial charge in [-0.25, -0.2) is 4.39 Å². The lowest BCUT2D eigenvalue weighted by atomic mass is 9.74. The molecule has 0 unspecified atom stereocenters. The summed E-state index contributed by atoms with van der Waals surface area (Å²) in [4.78, 5) is 12.7. The predicted molar refractivity (Wildman–Crippen MR) is 105 cm³/mol. The molecule has 3 atom stereocenters. The molecule has 0 bridgehead atoms. The van der Waals surface area contributed by atoms with E-state index >= 15 is 0 Å². The Morgan fingerprint density at radius 3 is 2.78 bits per heavy atom. The normalized spacial score (nSPS) is 27.4. The standard InChI is InChI=1S/C20H29FN2O3.ClH/c1-25-18-11-14(5-6-17(18)22)19(24)23-13-20(7-9-26-10-8-20)15-3-2-4-16(21)12-15;/h2-4,12,14,17-18H,5-11,13,22H2,1H3,(H,23,24);1H/t14-,17+,18+;/m0./s1. The van der Waals surface area contributed by atoms with Gasteiger partial charge in [0.1, 0.15) is 5.82 Å². The Balaban J connectivity index is 0.00000261. The van der Waals surface area contributed by atoms with Crippen LogP contribution in [0, 0.1) is 11.7 Å². The van der Waals surface area contributed by atoms with Crippen molar-refractivity contribution in [1.29, 1.82) is 0 Å². The van der Waals surface area contributed by atoms with Crippen molar-refractivity contribution in [1.82, 2.24) is 5.32 Å². The molecule has 1 saturated carbocycles. The zero-order chi connectivity index (χ0) is 18.6. The molecule has 0 radical (unpaired) electrons. The van der Waals surface area contributed by atoms with Crippen molar-refractivity contribution in [2.75, 3.05) is 26.9 Å². The number of carbonyl (C=O) groups is 1. The van der Waals surface area contributed by atoms with Gasteiger partial charge in [-0.05, 0) is 49.8 Å². The van der Waals surface area contributed by atoms with Gasteiger partial charge in [0.25, 0.3) is 0 Å². The maximum Gasteiger partial charge on any atom is 0.223 e. The fraction of sp³-hybridized carbons (Fsp3) is 0.650. The predicted octanol–water partition coefficient (Wildman–Crippen LogP) is 2.55. The third-order valence-electron chi connectivity index (χ3n) is 6.00. The summed E-state index contributed by atoms with van der Waals surface area (Å²) in [6, 6.07) is 6.71. The Kier molecular flexibility index (Phi) is 8.04. The zero-order valence-corrected chi connectivity index (χ0v) is 16.6. The van der Waals surface area contributed by atoms with Gasteiger partial charge < -0.3 is 20.5 Å². The fourth-order valence-corrected chi connectivity index (χ4v) is 4.21. The average Bonchev–Trinajstić information content (AvgIpc) is 2.67. The van der Waals surface area contributed by atoms with Crippen LogP contribution >= 0.6 is 12.4 Å². The van der Waals surface area contributed by atoms with E-state index in [1.54, 1.807) is 19.2 Å². The minimum absolute atomic E-state index is 0. The Morgan fingerprint density at radius 2 is 2.11 bits per heavy atom. The summed E-state index contributed by atoms with van der Waals surface area (Å²) >= 11 is 0. The number of halogens is 2. The molecule has 0 spiro atoms. The van der Waals surface area contributed by atoms with Crippen LogP contribution in [-0.2, 0) is 19.7 Å². The molecule has 3 N–H and O–H groups in total. The van der Waals surface area contributed by atoms with Crippen molar-refractivity contribution in [3.05, 3.63) is 35.6 Å². The highest BCUT2D eigenvalue weighted by molar-refractivity contribution is 5.85. The highest BCUT2D eigenvalue weighted by Gasteiger charge is 2.37.